The number of thiophene rings is 1. The smallest absolute Gasteiger partial charge is 0.282 e. The Kier molecular flexibility index (Phi) is 4.91. The van der Waals surface area contributed by atoms with Crippen LogP contribution in [0.15, 0.2) is 45.6 Å². The van der Waals surface area contributed by atoms with Gasteiger partial charge in [-0.15, -0.1) is 11.3 Å². The van der Waals surface area contributed by atoms with Crippen molar-refractivity contribution in [3.8, 4) is 6.07 Å². The van der Waals surface area contributed by atoms with Crippen molar-refractivity contribution in [1.29, 1.82) is 5.26 Å². The molecule has 0 atom stereocenters. The van der Waals surface area contributed by atoms with Crippen molar-refractivity contribution in [1.82, 2.24) is 9.66 Å². The zero-order valence-corrected chi connectivity index (χ0v) is 14.8. The third kappa shape index (κ3) is 3.59. The van der Waals surface area contributed by atoms with E-state index in [9.17, 15) is 4.79 Å². The lowest BCUT2D eigenvalue weighted by Crippen LogP contribution is -2.19. The van der Waals surface area contributed by atoms with E-state index in [1.54, 1.807) is 19.2 Å². The van der Waals surface area contributed by atoms with Crippen LogP contribution < -0.4 is 10.5 Å². The van der Waals surface area contributed by atoms with E-state index in [1.165, 1.54) is 16.0 Å². The predicted octanol–water partition coefficient (Wildman–Crippen LogP) is 3.00. The van der Waals surface area contributed by atoms with Crippen molar-refractivity contribution in [3.63, 3.8) is 0 Å². The summed E-state index contributed by atoms with van der Waals surface area (Å²) in [5.41, 5.74) is 1.75. The maximum atomic E-state index is 12.5. The molecule has 0 aliphatic carbocycles. The number of hydrogen-bond acceptors (Lipinski definition) is 6. The van der Waals surface area contributed by atoms with Gasteiger partial charge in [-0.05, 0) is 36.1 Å². The standard InChI is InChI=1S/C18H17N5OS/c1-13-21-17-16(8-11-25-17)18(24)23(13)20-12-14-4-6-15(7-5-14)22(2)10-3-9-19/h4-8,11-12H,3,10H2,1-2H3/b20-12-. The van der Waals surface area contributed by atoms with Crippen molar-refractivity contribution in [2.24, 2.45) is 5.10 Å². The molecular weight excluding hydrogens is 334 g/mol. The zero-order valence-electron chi connectivity index (χ0n) is 14.0. The van der Waals surface area contributed by atoms with Gasteiger partial charge in [0.25, 0.3) is 5.56 Å². The molecule has 0 aliphatic rings. The Hall–Kier alpha value is -2.98. The van der Waals surface area contributed by atoms with Crippen LogP contribution in [0.5, 0.6) is 0 Å². The second-order valence-electron chi connectivity index (χ2n) is 5.58. The quantitative estimate of drug-likeness (QED) is 0.662. The minimum absolute atomic E-state index is 0.159. The summed E-state index contributed by atoms with van der Waals surface area (Å²) in [6.07, 6.45) is 2.13. The highest BCUT2D eigenvalue weighted by Crippen LogP contribution is 2.15. The summed E-state index contributed by atoms with van der Waals surface area (Å²) in [6.45, 7) is 2.45. The zero-order chi connectivity index (χ0) is 17.8. The molecule has 3 rings (SSSR count). The van der Waals surface area contributed by atoms with E-state index in [4.69, 9.17) is 5.26 Å². The molecule has 0 unspecified atom stereocenters. The maximum absolute atomic E-state index is 12.5. The molecule has 2 heterocycles. The molecule has 25 heavy (non-hydrogen) atoms. The van der Waals surface area contributed by atoms with E-state index in [0.717, 1.165) is 16.1 Å². The number of nitriles is 1. The largest absolute Gasteiger partial charge is 0.374 e. The molecule has 3 aromatic rings. The molecule has 0 bridgehead atoms. The van der Waals surface area contributed by atoms with Gasteiger partial charge in [-0.1, -0.05) is 12.1 Å². The Labute approximate surface area is 149 Å². The summed E-state index contributed by atoms with van der Waals surface area (Å²) in [5, 5.41) is 15.4. The van der Waals surface area contributed by atoms with Crippen LogP contribution >= 0.6 is 11.3 Å². The molecule has 0 N–H and O–H groups in total. The summed E-state index contributed by atoms with van der Waals surface area (Å²) in [5.74, 6) is 0.559. The van der Waals surface area contributed by atoms with Crippen molar-refractivity contribution < 1.29 is 0 Å². The number of nitrogens with zero attached hydrogens (tertiary/aromatic N) is 5. The third-order valence-electron chi connectivity index (χ3n) is 3.85. The van der Waals surface area contributed by atoms with Gasteiger partial charge in [0.2, 0.25) is 0 Å². The molecule has 7 heteroatoms. The van der Waals surface area contributed by atoms with Crippen LogP contribution in [0.4, 0.5) is 5.69 Å². The van der Waals surface area contributed by atoms with Crippen molar-refractivity contribution in [3.05, 3.63) is 57.5 Å². The average Bonchev–Trinajstić information content (AvgIpc) is 3.08. The summed E-state index contributed by atoms with van der Waals surface area (Å²) in [6, 6.07) is 11.7. The van der Waals surface area contributed by atoms with E-state index >= 15 is 0 Å². The minimum atomic E-state index is -0.159. The Balaban J connectivity index is 1.83. The molecule has 0 amide bonds. The summed E-state index contributed by atoms with van der Waals surface area (Å²) in [7, 11) is 1.95. The lowest BCUT2D eigenvalue weighted by Gasteiger charge is -2.17. The van der Waals surface area contributed by atoms with E-state index < -0.39 is 0 Å². The predicted molar refractivity (Wildman–Crippen MR) is 102 cm³/mol. The monoisotopic (exact) mass is 351 g/mol. The van der Waals surface area contributed by atoms with E-state index in [2.05, 4.69) is 16.2 Å². The van der Waals surface area contributed by atoms with Gasteiger partial charge in [-0.25, -0.2) is 4.98 Å². The van der Waals surface area contributed by atoms with Crippen LogP contribution in [0.3, 0.4) is 0 Å². The van der Waals surface area contributed by atoms with E-state index in [-0.39, 0.29) is 5.56 Å². The first-order chi connectivity index (χ1) is 12.1. The molecular formula is C18H17N5OS. The number of benzene rings is 1. The van der Waals surface area contributed by atoms with Gasteiger partial charge < -0.3 is 4.90 Å². The average molecular weight is 351 g/mol. The molecule has 0 saturated heterocycles. The number of aryl methyl sites for hydroxylation is 1. The lowest BCUT2D eigenvalue weighted by molar-refractivity contribution is 0.772. The van der Waals surface area contributed by atoms with Gasteiger partial charge in [-0.2, -0.15) is 15.0 Å². The first-order valence-electron chi connectivity index (χ1n) is 7.79. The van der Waals surface area contributed by atoms with Crippen LogP contribution in [-0.2, 0) is 0 Å². The minimum Gasteiger partial charge on any atom is -0.374 e. The number of fused-ring (bicyclic) bond motifs is 1. The summed E-state index contributed by atoms with van der Waals surface area (Å²) in [4.78, 5) is 19.6. The second kappa shape index (κ2) is 7.28. The van der Waals surface area contributed by atoms with Gasteiger partial charge in [0, 0.05) is 19.3 Å². The first-order valence-corrected chi connectivity index (χ1v) is 8.67. The molecule has 0 saturated carbocycles. The van der Waals surface area contributed by atoms with Crippen LogP contribution in [-0.4, -0.2) is 29.5 Å². The molecule has 2 aromatic heterocycles. The van der Waals surface area contributed by atoms with Gasteiger partial charge in [0.1, 0.15) is 10.7 Å². The second-order valence-corrected chi connectivity index (χ2v) is 6.48. The van der Waals surface area contributed by atoms with Gasteiger partial charge in [0.05, 0.1) is 24.1 Å². The first kappa shape index (κ1) is 16.9. The molecule has 0 fully saturated rings. The van der Waals surface area contributed by atoms with Crippen LogP contribution in [0.1, 0.15) is 17.8 Å². The fourth-order valence-electron chi connectivity index (χ4n) is 2.43. The fourth-order valence-corrected chi connectivity index (χ4v) is 3.23. The highest BCUT2D eigenvalue weighted by atomic mass is 32.1. The van der Waals surface area contributed by atoms with E-state index in [1.807, 2.05) is 41.6 Å². The third-order valence-corrected chi connectivity index (χ3v) is 4.66. The highest BCUT2D eigenvalue weighted by Gasteiger charge is 2.07. The van der Waals surface area contributed by atoms with Crippen LogP contribution in [0.2, 0.25) is 0 Å². The Morgan fingerprint density at radius 1 is 1.36 bits per heavy atom. The number of anilines is 1. The van der Waals surface area contributed by atoms with Gasteiger partial charge in [-0.3, -0.25) is 4.79 Å². The molecule has 126 valence electrons. The van der Waals surface area contributed by atoms with Crippen molar-refractivity contribution in [2.75, 3.05) is 18.5 Å². The van der Waals surface area contributed by atoms with Gasteiger partial charge in [0.15, 0.2) is 0 Å². The maximum Gasteiger partial charge on any atom is 0.282 e. The SMILES string of the molecule is Cc1nc2sccc2c(=O)n1/N=C\c1ccc(N(C)CCC#N)cc1. The van der Waals surface area contributed by atoms with Gasteiger partial charge >= 0.3 is 0 Å². The Bertz CT molecular complexity index is 1010. The van der Waals surface area contributed by atoms with E-state index in [0.29, 0.717) is 24.2 Å². The van der Waals surface area contributed by atoms with Crippen LogP contribution in [0, 0.1) is 18.3 Å². The number of rotatable bonds is 5. The lowest BCUT2D eigenvalue weighted by atomic mass is 10.2. The molecule has 1 aromatic carbocycles. The van der Waals surface area contributed by atoms with Crippen molar-refractivity contribution in [2.45, 2.75) is 13.3 Å². The summed E-state index contributed by atoms with van der Waals surface area (Å²) >= 11 is 1.45. The molecule has 0 radical (unpaired) electrons. The molecule has 6 nitrogen and oxygen atoms in total. The molecule has 0 aliphatic heterocycles. The number of aromatic nitrogens is 2. The Morgan fingerprint density at radius 3 is 2.84 bits per heavy atom. The summed E-state index contributed by atoms with van der Waals surface area (Å²) < 4.78 is 1.32. The topological polar surface area (TPSA) is 74.3 Å². The normalized spacial score (nSPS) is 11.1. The highest BCUT2D eigenvalue weighted by molar-refractivity contribution is 7.16. The molecule has 0 spiro atoms. The Morgan fingerprint density at radius 2 is 2.12 bits per heavy atom. The fraction of sp³-hybridized carbons (Fsp3) is 0.222. The van der Waals surface area contributed by atoms with Crippen molar-refractivity contribution >= 4 is 33.5 Å². The number of hydrogen-bond donors (Lipinski definition) is 0. The van der Waals surface area contributed by atoms with Crippen LogP contribution in [0.25, 0.3) is 10.2 Å².